The fourth-order valence-electron chi connectivity index (χ4n) is 6.68. The first kappa shape index (κ1) is 46.9. The maximum Gasteiger partial charge on any atom is 0.200 e. The molecule has 0 saturated heterocycles. The maximum absolute atomic E-state index is 15.4. The topological polar surface area (TPSA) is 16.8 Å². The summed E-state index contributed by atoms with van der Waals surface area (Å²) in [5.74, 6) is -70.9. The quantitative estimate of drug-likeness (QED) is 0.0491. The highest BCUT2D eigenvalue weighted by molar-refractivity contribution is 7.20. The van der Waals surface area contributed by atoms with Crippen LogP contribution in [0.4, 0.5) is 87.8 Å². The smallest absolute Gasteiger partial charge is 0.200 e. The summed E-state index contributed by atoms with van der Waals surface area (Å²) in [5, 5.41) is 0. The van der Waals surface area contributed by atoms with Gasteiger partial charge >= 0.3 is 0 Å². The van der Waals surface area contributed by atoms with E-state index in [0.29, 0.717) is 5.92 Å². The molecule has 1 aromatic heterocycles. The lowest BCUT2D eigenvalue weighted by molar-refractivity contribution is -0.689. The van der Waals surface area contributed by atoms with E-state index in [1.807, 2.05) is 18.5 Å². The molecular weight excluding hydrogens is 887 g/mol. The van der Waals surface area contributed by atoms with E-state index in [1.54, 1.807) is 0 Å². The summed E-state index contributed by atoms with van der Waals surface area (Å²) in [6, 6.07) is 10.5. The second-order valence-corrected chi connectivity index (χ2v) is 13.2. The van der Waals surface area contributed by atoms with Gasteiger partial charge in [0.15, 0.2) is 88.7 Å². The molecule has 0 spiro atoms. The Morgan fingerprint density at radius 2 is 0.710 bits per heavy atom. The lowest BCUT2D eigenvalue weighted by Crippen LogP contribution is -2.81. The standard InChI is InChI=1S/C24BF20.C15H19N2/c26-5-1(6(27)14(35)21(42)13(5)34)25(2-7(28)15(36)22(43)16(37)8(2)29,3-9(30)17(38)23(44)18(39)10(3)31)4-11(32)19(40)24(45)20(41)12(4)33;1-3-13(2)15-12-17(10-9-16-15)11-14-7-5-4-6-8-14/h;4-10,12-13H,3,11H2,1-2H3/q-1;+1. The van der Waals surface area contributed by atoms with Crippen molar-refractivity contribution in [3.05, 3.63) is 177 Å². The second kappa shape index (κ2) is 17.7. The van der Waals surface area contributed by atoms with Crippen LogP contribution in [-0.2, 0) is 6.54 Å². The normalized spacial score (nSPS) is 12.1. The van der Waals surface area contributed by atoms with Crippen LogP contribution < -0.4 is 26.4 Å². The summed E-state index contributed by atoms with van der Waals surface area (Å²) in [7, 11) is 0. The van der Waals surface area contributed by atoms with Gasteiger partial charge in [-0.25, -0.2) is 92.8 Å². The largest absolute Gasteiger partial charge is 0.249 e. The van der Waals surface area contributed by atoms with Crippen molar-refractivity contribution in [1.82, 2.24) is 4.98 Å². The molecule has 1 heterocycles. The minimum absolute atomic E-state index is 0.526. The van der Waals surface area contributed by atoms with Crippen molar-refractivity contribution in [2.45, 2.75) is 32.7 Å². The summed E-state index contributed by atoms with van der Waals surface area (Å²) < 4.78 is 296. The summed E-state index contributed by atoms with van der Waals surface area (Å²) in [6.07, 6.45) is -0.0158. The van der Waals surface area contributed by atoms with Crippen molar-refractivity contribution in [1.29, 1.82) is 0 Å². The van der Waals surface area contributed by atoms with Crippen molar-refractivity contribution in [2.24, 2.45) is 0 Å². The molecule has 23 heteroatoms. The van der Waals surface area contributed by atoms with Crippen LogP contribution in [0.1, 0.15) is 37.4 Å². The molecule has 62 heavy (non-hydrogen) atoms. The lowest BCUT2D eigenvalue weighted by Gasteiger charge is -2.44. The van der Waals surface area contributed by atoms with Crippen molar-refractivity contribution in [3.63, 3.8) is 0 Å². The molecule has 0 N–H and O–H groups in total. The molecule has 0 fully saturated rings. The Hall–Kier alpha value is -6.16. The first-order valence-corrected chi connectivity index (χ1v) is 17.1. The van der Waals surface area contributed by atoms with Gasteiger partial charge in [-0.3, -0.25) is 0 Å². The van der Waals surface area contributed by atoms with Crippen LogP contribution in [0.2, 0.25) is 0 Å². The molecule has 1 atom stereocenters. The molecule has 0 radical (unpaired) electrons. The van der Waals surface area contributed by atoms with Gasteiger partial charge in [0.2, 0.25) is 0 Å². The van der Waals surface area contributed by atoms with Gasteiger partial charge in [-0.15, -0.1) is 21.9 Å². The van der Waals surface area contributed by atoms with E-state index in [-0.39, 0.29) is 0 Å². The minimum Gasteiger partial charge on any atom is -0.249 e. The first-order chi connectivity index (χ1) is 29.0. The van der Waals surface area contributed by atoms with E-state index in [2.05, 4.69) is 53.9 Å². The molecule has 328 valence electrons. The molecule has 1 unspecified atom stereocenters. The highest BCUT2D eigenvalue weighted by Crippen LogP contribution is 2.31. The van der Waals surface area contributed by atoms with Gasteiger partial charge in [0, 0.05) is 11.5 Å². The highest BCUT2D eigenvalue weighted by Gasteiger charge is 2.52. The maximum atomic E-state index is 15.4. The van der Waals surface area contributed by atoms with Gasteiger partial charge < -0.3 is 0 Å². The third-order valence-electron chi connectivity index (χ3n) is 9.81. The molecule has 0 aliphatic rings. The van der Waals surface area contributed by atoms with Gasteiger partial charge in [-0.1, -0.05) is 44.2 Å². The predicted molar refractivity (Wildman–Crippen MR) is 178 cm³/mol. The Morgan fingerprint density at radius 1 is 0.435 bits per heavy atom. The Balaban J connectivity index is 0.000000355. The van der Waals surface area contributed by atoms with E-state index in [4.69, 9.17) is 0 Å². The van der Waals surface area contributed by atoms with Crippen LogP contribution in [0.25, 0.3) is 0 Å². The number of nitrogens with zero attached hydrogens (tertiary/aromatic N) is 2. The lowest BCUT2D eigenvalue weighted by atomic mass is 9.12. The molecule has 5 aromatic carbocycles. The van der Waals surface area contributed by atoms with Crippen LogP contribution >= 0.6 is 0 Å². The number of benzene rings is 5. The second-order valence-electron chi connectivity index (χ2n) is 13.2. The molecule has 6 rings (SSSR count). The SMILES string of the molecule is CCC(C)c1c[n+](Cc2ccccc2)ccn1.Fc1c(F)c(F)c([B-](c2c(F)c(F)c(F)c(F)c2F)(c2c(F)c(F)c(F)c(F)c2F)c2c(F)c(F)c(F)c(F)c2F)c(F)c1F. The summed E-state index contributed by atoms with van der Waals surface area (Å²) in [5.41, 5.74) is -11.8. The third kappa shape index (κ3) is 7.47. The number of halogens is 20. The van der Waals surface area contributed by atoms with Gasteiger partial charge in [-0.05, 0) is 6.42 Å². The van der Waals surface area contributed by atoms with E-state index in [1.165, 1.54) is 11.3 Å². The van der Waals surface area contributed by atoms with Crippen molar-refractivity contribution in [3.8, 4) is 0 Å². The molecule has 0 bridgehead atoms. The minimum atomic E-state index is -7.22. The number of hydrogen-bond donors (Lipinski definition) is 0. The molecule has 2 nitrogen and oxygen atoms in total. The fourth-order valence-corrected chi connectivity index (χ4v) is 6.68. The van der Waals surface area contributed by atoms with E-state index < -0.39 is 144 Å². The van der Waals surface area contributed by atoms with Crippen LogP contribution in [0, 0.1) is 116 Å². The molecule has 0 aliphatic heterocycles. The molecule has 6 aromatic rings. The third-order valence-corrected chi connectivity index (χ3v) is 9.81. The van der Waals surface area contributed by atoms with Crippen LogP contribution in [0.3, 0.4) is 0 Å². The van der Waals surface area contributed by atoms with E-state index >= 15 is 35.1 Å². The number of aromatic nitrogens is 2. The first-order valence-electron chi connectivity index (χ1n) is 17.1. The summed E-state index contributed by atoms with van der Waals surface area (Å²) in [4.78, 5) is 4.43. The van der Waals surface area contributed by atoms with E-state index in [9.17, 15) is 52.7 Å². The molecule has 0 amide bonds. The van der Waals surface area contributed by atoms with Gasteiger partial charge in [0.05, 0.1) is 6.20 Å². The van der Waals surface area contributed by atoms with Crippen molar-refractivity contribution in [2.75, 3.05) is 0 Å². The zero-order chi connectivity index (χ0) is 46.4. The van der Waals surface area contributed by atoms with Crippen molar-refractivity contribution < 1.29 is 92.4 Å². The van der Waals surface area contributed by atoms with Crippen LogP contribution in [0.15, 0.2) is 48.9 Å². The highest BCUT2D eigenvalue weighted by atomic mass is 19.2. The van der Waals surface area contributed by atoms with Crippen LogP contribution in [-0.4, -0.2) is 11.1 Å². The van der Waals surface area contributed by atoms with Gasteiger partial charge in [0.1, 0.15) is 58.4 Å². The Bertz CT molecular complexity index is 2350. The van der Waals surface area contributed by atoms with Gasteiger partial charge in [-0.2, -0.15) is 4.57 Å². The number of hydrogen-bond acceptors (Lipinski definition) is 1. The molecule has 0 saturated carbocycles. The average molecular weight is 906 g/mol. The monoisotopic (exact) mass is 906 g/mol. The Labute approximate surface area is 334 Å². The van der Waals surface area contributed by atoms with E-state index in [0.717, 1.165) is 13.0 Å². The summed E-state index contributed by atoms with van der Waals surface area (Å²) in [6.45, 7) is 5.32. The van der Waals surface area contributed by atoms with Crippen molar-refractivity contribution >= 4 is 28.0 Å². The number of rotatable bonds is 8. The fraction of sp³-hybridized carbons (Fsp3) is 0.128. The summed E-state index contributed by atoms with van der Waals surface area (Å²) >= 11 is 0. The zero-order valence-corrected chi connectivity index (χ0v) is 30.6. The van der Waals surface area contributed by atoms with Gasteiger partial charge in [0.25, 0.3) is 0 Å². The molecular formula is C39H19BF20N2. The Morgan fingerprint density at radius 3 is 0.984 bits per heavy atom. The molecule has 0 aliphatic carbocycles. The predicted octanol–water partition coefficient (Wildman–Crippen LogP) is 8.78. The zero-order valence-electron chi connectivity index (χ0n) is 30.6. The Kier molecular flexibility index (Phi) is 13.4. The average Bonchev–Trinajstić information content (AvgIpc) is 3.26. The van der Waals surface area contributed by atoms with Crippen LogP contribution in [0.5, 0.6) is 0 Å².